The minimum atomic E-state index is -0.0688. The Morgan fingerprint density at radius 3 is 2.58 bits per heavy atom. The summed E-state index contributed by atoms with van der Waals surface area (Å²) in [6.07, 6.45) is 0. The normalized spacial score (nSPS) is 11.4. The van der Waals surface area contributed by atoms with E-state index in [0.29, 0.717) is 11.3 Å². The Hall–Kier alpha value is -2.24. The molecule has 0 atom stereocenters. The molecule has 0 amide bonds. The molecule has 5 nitrogen and oxygen atoms in total. The van der Waals surface area contributed by atoms with Gasteiger partial charge in [0.1, 0.15) is 0 Å². The number of anilines is 1. The van der Waals surface area contributed by atoms with Crippen LogP contribution in [0.1, 0.15) is 11.1 Å². The fourth-order valence-electron chi connectivity index (χ4n) is 2.58. The molecule has 5 heteroatoms. The van der Waals surface area contributed by atoms with Gasteiger partial charge >= 0.3 is 0 Å². The predicted octanol–water partition coefficient (Wildman–Crippen LogP) is 2.60. The molecule has 1 aromatic heterocycles. The Balaban J connectivity index is 2.54. The first kappa shape index (κ1) is 11.8. The maximum absolute atomic E-state index is 11.5. The first-order valence-corrected chi connectivity index (χ1v) is 5.89. The highest BCUT2D eigenvalue weighted by Gasteiger charge is 2.14. The van der Waals surface area contributed by atoms with Crippen molar-refractivity contribution in [1.82, 2.24) is 4.98 Å². The van der Waals surface area contributed by atoms with Crippen molar-refractivity contribution < 1.29 is 15.5 Å². The zero-order valence-electron chi connectivity index (χ0n) is 10.6. The molecular weight excluding hydrogens is 244 g/mol. The van der Waals surface area contributed by atoms with Crippen molar-refractivity contribution in [2.45, 2.75) is 13.8 Å². The number of aryl methyl sites for hydroxylation is 2. The molecule has 0 unspecified atom stereocenters. The lowest BCUT2D eigenvalue weighted by molar-refractivity contribution is -0.268. The van der Waals surface area contributed by atoms with Crippen LogP contribution in [0.15, 0.2) is 24.3 Å². The molecule has 0 saturated heterocycles. The van der Waals surface area contributed by atoms with Gasteiger partial charge in [-0.2, -0.15) is 0 Å². The minimum Gasteiger partial charge on any atom is -0.872 e. The number of fused-ring (bicyclic) bond motifs is 3. The molecule has 0 spiro atoms. The van der Waals surface area contributed by atoms with Crippen LogP contribution in [0.25, 0.3) is 21.8 Å². The van der Waals surface area contributed by atoms with Gasteiger partial charge in [0.25, 0.3) is 0 Å². The summed E-state index contributed by atoms with van der Waals surface area (Å²) >= 11 is 0. The molecule has 1 heterocycles. The Kier molecular flexibility index (Phi) is 2.41. The number of rotatable bonds is 1. The van der Waals surface area contributed by atoms with E-state index in [9.17, 15) is 15.5 Å². The third-order valence-corrected chi connectivity index (χ3v) is 3.49. The molecule has 0 fully saturated rings. The lowest BCUT2D eigenvalue weighted by Gasteiger charge is -2.14. The molecule has 19 heavy (non-hydrogen) atoms. The van der Waals surface area contributed by atoms with Crippen molar-refractivity contribution in [3.8, 4) is 5.75 Å². The first-order valence-electron chi connectivity index (χ1n) is 5.89. The van der Waals surface area contributed by atoms with Crippen LogP contribution in [-0.2, 0) is 0 Å². The second-order valence-corrected chi connectivity index (χ2v) is 4.71. The summed E-state index contributed by atoms with van der Waals surface area (Å²) in [5, 5.41) is 31.8. The van der Waals surface area contributed by atoms with Crippen LogP contribution in [-0.4, -0.2) is 15.4 Å². The number of nitrogens with one attached hydrogen (secondary N) is 1. The van der Waals surface area contributed by atoms with Gasteiger partial charge in [-0.1, -0.05) is 12.1 Å². The second-order valence-electron chi connectivity index (χ2n) is 4.71. The monoisotopic (exact) mass is 257 g/mol. The van der Waals surface area contributed by atoms with Gasteiger partial charge in [0, 0.05) is 21.8 Å². The predicted molar refractivity (Wildman–Crippen MR) is 70.8 cm³/mol. The highest BCUT2D eigenvalue weighted by atomic mass is 16.8. The molecule has 2 aromatic carbocycles. The summed E-state index contributed by atoms with van der Waals surface area (Å²) in [7, 11) is 0. The molecule has 0 radical (unpaired) electrons. The summed E-state index contributed by atoms with van der Waals surface area (Å²) in [6.45, 7) is 3.67. The topological polar surface area (TPSA) is 82.5 Å². The summed E-state index contributed by atoms with van der Waals surface area (Å²) < 4.78 is 0. The van der Waals surface area contributed by atoms with E-state index in [1.54, 1.807) is 25.1 Å². The first-order chi connectivity index (χ1) is 8.99. The van der Waals surface area contributed by atoms with Crippen molar-refractivity contribution in [3.05, 3.63) is 35.4 Å². The van der Waals surface area contributed by atoms with Crippen LogP contribution in [0.5, 0.6) is 5.75 Å². The van der Waals surface area contributed by atoms with Gasteiger partial charge in [0.05, 0.1) is 5.69 Å². The Bertz CT molecular complexity index is 790. The smallest absolute Gasteiger partial charge is 0.0982 e. The van der Waals surface area contributed by atoms with Gasteiger partial charge in [-0.15, -0.1) is 11.0 Å². The Labute approximate surface area is 109 Å². The quantitative estimate of drug-likeness (QED) is 0.585. The molecular formula is C14H13N2O3-. The number of aromatic nitrogens is 1. The largest absolute Gasteiger partial charge is 0.872 e. The van der Waals surface area contributed by atoms with Gasteiger partial charge in [0.2, 0.25) is 0 Å². The van der Waals surface area contributed by atoms with Crippen LogP contribution in [0.4, 0.5) is 5.69 Å². The molecule has 3 N–H and O–H groups in total. The summed E-state index contributed by atoms with van der Waals surface area (Å²) in [5.41, 5.74) is 3.67. The number of benzene rings is 2. The molecule has 0 aliphatic heterocycles. The van der Waals surface area contributed by atoms with E-state index in [-0.39, 0.29) is 11.0 Å². The lowest BCUT2D eigenvalue weighted by Crippen LogP contribution is -2.12. The van der Waals surface area contributed by atoms with E-state index in [4.69, 9.17) is 0 Å². The van der Waals surface area contributed by atoms with E-state index < -0.39 is 0 Å². The van der Waals surface area contributed by atoms with Crippen LogP contribution < -0.4 is 10.3 Å². The minimum absolute atomic E-state index is 0.0688. The van der Waals surface area contributed by atoms with Crippen molar-refractivity contribution in [2.75, 3.05) is 5.23 Å². The fourth-order valence-corrected chi connectivity index (χ4v) is 2.58. The average molecular weight is 257 g/mol. The van der Waals surface area contributed by atoms with Crippen LogP contribution in [0.3, 0.4) is 0 Å². The molecule has 98 valence electrons. The van der Waals surface area contributed by atoms with Gasteiger partial charge in [0.15, 0.2) is 0 Å². The third-order valence-electron chi connectivity index (χ3n) is 3.49. The number of hydrogen-bond donors (Lipinski definition) is 3. The van der Waals surface area contributed by atoms with Crippen molar-refractivity contribution in [3.63, 3.8) is 0 Å². The third kappa shape index (κ3) is 1.63. The van der Waals surface area contributed by atoms with E-state index >= 15 is 0 Å². The number of nitrogens with zero attached hydrogens (tertiary/aromatic N) is 1. The van der Waals surface area contributed by atoms with Gasteiger partial charge in [-0.3, -0.25) is 10.4 Å². The molecule has 3 aromatic rings. The van der Waals surface area contributed by atoms with E-state index in [0.717, 1.165) is 27.4 Å². The molecule has 0 aliphatic carbocycles. The van der Waals surface area contributed by atoms with Gasteiger partial charge in [-0.05, 0) is 37.1 Å². The number of aromatic amines is 1. The average Bonchev–Trinajstić information content (AvgIpc) is 2.72. The Morgan fingerprint density at radius 1 is 1.16 bits per heavy atom. The molecule has 3 rings (SSSR count). The fraction of sp³-hybridized carbons (Fsp3) is 0.143. The van der Waals surface area contributed by atoms with Crippen LogP contribution in [0.2, 0.25) is 0 Å². The van der Waals surface area contributed by atoms with Crippen LogP contribution >= 0.6 is 0 Å². The Morgan fingerprint density at radius 2 is 1.89 bits per heavy atom. The van der Waals surface area contributed by atoms with Crippen molar-refractivity contribution in [2.24, 2.45) is 0 Å². The molecule has 0 saturated carbocycles. The van der Waals surface area contributed by atoms with Gasteiger partial charge in [-0.25, -0.2) is 0 Å². The molecule has 0 aliphatic rings. The number of hydrogen-bond acceptors (Lipinski definition) is 4. The summed E-state index contributed by atoms with van der Waals surface area (Å²) in [5.74, 6) is -0.0688. The maximum Gasteiger partial charge on any atom is 0.0982 e. The van der Waals surface area contributed by atoms with E-state index in [1.165, 1.54) is 6.07 Å². The van der Waals surface area contributed by atoms with Crippen LogP contribution in [0, 0.1) is 13.8 Å². The van der Waals surface area contributed by atoms with Crippen molar-refractivity contribution >= 4 is 27.5 Å². The molecule has 0 bridgehead atoms. The lowest BCUT2D eigenvalue weighted by atomic mass is 10.0. The zero-order chi connectivity index (χ0) is 13.7. The second kappa shape index (κ2) is 3.88. The number of H-pyrrole nitrogens is 1. The van der Waals surface area contributed by atoms with Gasteiger partial charge < -0.3 is 10.1 Å². The maximum atomic E-state index is 11.5. The summed E-state index contributed by atoms with van der Waals surface area (Å²) in [4.78, 5) is 3.26. The van der Waals surface area contributed by atoms with Crippen molar-refractivity contribution in [1.29, 1.82) is 0 Å². The highest BCUT2D eigenvalue weighted by Crippen LogP contribution is 2.36. The van der Waals surface area contributed by atoms with E-state index in [1.807, 2.05) is 6.92 Å². The standard InChI is InChI=1S/C14H14N2O3/c1-7-5-12(16(18)19)8(2)13-10-6-9(17)3-4-11(10)15-14(7)13/h3-6,15,17-19H,1-2H3/p-1. The highest BCUT2D eigenvalue weighted by molar-refractivity contribution is 6.11. The van der Waals surface area contributed by atoms with E-state index in [2.05, 4.69) is 4.98 Å². The SMILES string of the molecule is Cc1cc(N(O)O)c(C)c2c1[nH]c1ccc([O-])cc12. The summed E-state index contributed by atoms with van der Waals surface area (Å²) in [6, 6.07) is 6.49. The zero-order valence-corrected chi connectivity index (χ0v) is 10.6.